The molecule has 0 saturated carbocycles. The molecule has 0 saturated heterocycles. The Balaban J connectivity index is 1.85. The van der Waals surface area contributed by atoms with Gasteiger partial charge in [0.15, 0.2) is 0 Å². The lowest BCUT2D eigenvalue weighted by atomic mass is 10.2. The number of nitrogens with zero attached hydrogens (tertiary/aromatic N) is 1. The Labute approximate surface area is 176 Å². The molecule has 152 valence electrons. The first kappa shape index (κ1) is 21.2. The number of rotatable bonds is 7. The number of ether oxygens (including phenoxy) is 1. The molecule has 0 bridgehead atoms. The number of hydrogen-bond donors (Lipinski definition) is 2. The Bertz CT molecular complexity index is 1190. The maximum absolute atomic E-state index is 12.4. The molecule has 29 heavy (non-hydrogen) atoms. The number of methoxy groups -OCH3 is 1. The minimum atomic E-state index is -0.344. The largest absolute Gasteiger partial charge is 0.497 e. The smallest absolute Gasteiger partial charge is 0.272 e. The van der Waals surface area contributed by atoms with Crippen molar-refractivity contribution >= 4 is 35.3 Å². The van der Waals surface area contributed by atoms with Gasteiger partial charge in [0.1, 0.15) is 16.4 Å². The zero-order valence-electron chi connectivity index (χ0n) is 16.5. The van der Waals surface area contributed by atoms with Crippen LogP contribution in [0.25, 0.3) is 12.2 Å². The molecule has 0 fully saturated rings. The number of thiophene rings is 1. The highest BCUT2D eigenvalue weighted by molar-refractivity contribution is 8.01. The molecular formula is C21H23N3O3S2. The summed E-state index contributed by atoms with van der Waals surface area (Å²) in [5, 5.41) is 0.456. The van der Waals surface area contributed by atoms with E-state index in [1.807, 2.05) is 38.4 Å². The fraction of sp³-hybridized carbons (Fsp3) is 0.238. The van der Waals surface area contributed by atoms with Crippen LogP contribution in [0, 0.1) is 0 Å². The van der Waals surface area contributed by atoms with Gasteiger partial charge < -0.3 is 19.6 Å². The molecule has 0 radical (unpaired) electrons. The maximum Gasteiger partial charge on any atom is 0.272 e. The molecule has 2 N–H and O–H groups in total. The summed E-state index contributed by atoms with van der Waals surface area (Å²) in [7, 11) is 5.69. The number of aromatic nitrogens is 2. The molecule has 3 rings (SSSR count). The second-order valence-corrected chi connectivity index (χ2v) is 9.12. The van der Waals surface area contributed by atoms with Crippen molar-refractivity contribution in [1.29, 1.82) is 0 Å². The predicted molar refractivity (Wildman–Crippen MR) is 121 cm³/mol. The molecule has 2 heterocycles. The van der Waals surface area contributed by atoms with E-state index in [4.69, 9.17) is 4.74 Å². The third-order valence-corrected chi connectivity index (χ3v) is 6.32. The molecule has 0 unspecified atom stereocenters. The molecule has 0 aliphatic rings. The molecule has 0 atom stereocenters. The van der Waals surface area contributed by atoms with Gasteiger partial charge in [0, 0.05) is 17.2 Å². The monoisotopic (exact) mass is 429 g/mol. The van der Waals surface area contributed by atoms with E-state index in [-0.39, 0.29) is 21.8 Å². The Hall–Kier alpha value is -2.55. The molecule has 6 nitrogen and oxygen atoms in total. The minimum Gasteiger partial charge on any atom is -0.497 e. The van der Waals surface area contributed by atoms with Crippen molar-refractivity contribution in [2.45, 2.75) is 4.21 Å². The number of nitrogens with one attached hydrogen (secondary N) is 2. The van der Waals surface area contributed by atoms with Crippen molar-refractivity contribution in [3.05, 3.63) is 78.2 Å². The fourth-order valence-corrected chi connectivity index (χ4v) is 4.80. The van der Waals surface area contributed by atoms with E-state index in [9.17, 15) is 9.59 Å². The van der Waals surface area contributed by atoms with Gasteiger partial charge in [-0.25, -0.2) is 0 Å². The van der Waals surface area contributed by atoms with Gasteiger partial charge in [-0.3, -0.25) is 9.59 Å². The van der Waals surface area contributed by atoms with Crippen LogP contribution in [0.2, 0.25) is 0 Å². The summed E-state index contributed by atoms with van der Waals surface area (Å²) in [5.41, 5.74) is 0.115. The van der Waals surface area contributed by atoms with Crippen molar-refractivity contribution in [1.82, 2.24) is 14.9 Å². The zero-order valence-corrected chi connectivity index (χ0v) is 18.2. The topological polar surface area (TPSA) is 78.2 Å². The molecule has 0 amide bonds. The van der Waals surface area contributed by atoms with Crippen molar-refractivity contribution in [2.24, 2.45) is 0 Å². The van der Waals surface area contributed by atoms with Gasteiger partial charge in [-0.2, -0.15) is 0 Å². The van der Waals surface area contributed by atoms with E-state index < -0.39 is 0 Å². The summed E-state index contributed by atoms with van der Waals surface area (Å²) >= 11 is 3.38. The molecule has 3 aromatic rings. The standard InChI is InChI=1S/C21H23N3O3S2/c1-24(2)10-11-28-19-9-8-16(29-19)13-18-21(26)22-17(20(25)23-18)12-14-4-6-15(27-3)7-5-14/h4-9,12-13H,10-11H2,1-3H3,(H,22,26)(H,23,25)/b17-12-,18-13-. The number of H-pyrrole nitrogens is 2. The average Bonchev–Trinajstić information content (AvgIpc) is 3.13. The van der Waals surface area contributed by atoms with Crippen molar-refractivity contribution in [2.75, 3.05) is 33.5 Å². The van der Waals surface area contributed by atoms with Crippen LogP contribution in [0.5, 0.6) is 5.75 Å². The molecule has 2 aromatic heterocycles. The molecule has 8 heteroatoms. The van der Waals surface area contributed by atoms with Crippen molar-refractivity contribution in [3.63, 3.8) is 0 Å². The highest BCUT2D eigenvalue weighted by Crippen LogP contribution is 2.27. The van der Waals surface area contributed by atoms with E-state index in [1.54, 1.807) is 54.5 Å². The Morgan fingerprint density at radius 3 is 2.28 bits per heavy atom. The molecule has 0 spiro atoms. The second-order valence-electron chi connectivity index (χ2n) is 6.61. The van der Waals surface area contributed by atoms with Crippen LogP contribution in [-0.2, 0) is 0 Å². The molecular weight excluding hydrogens is 406 g/mol. The minimum absolute atomic E-state index is 0.212. The summed E-state index contributed by atoms with van der Waals surface area (Å²) in [6.07, 6.45) is 3.34. The zero-order chi connectivity index (χ0) is 20.8. The number of hydrogen-bond acceptors (Lipinski definition) is 6. The van der Waals surface area contributed by atoms with E-state index in [0.29, 0.717) is 0 Å². The Kier molecular flexibility index (Phi) is 7.13. The van der Waals surface area contributed by atoms with E-state index in [2.05, 4.69) is 14.9 Å². The SMILES string of the molecule is COc1ccc(/C=c2\[nH]c(=O)/c(=C/c3ccc(SCCN(C)C)s3)[nH]c2=O)cc1. The van der Waals surface area contributed by atoms with Gasteiger partial charge in [-0.05, 0) is 56.1 Å². The van der Waals surface area contributed by atoms with Gasteiger partial charge in [0.05, 0.1) is 11.3 Å². The first-order valence-corrected chi connectivity index (χ1v) is 10.8. The third-order valence-electron chi connectivity index (χ3n) is 4.08. The summed E-state index contributed by atoms with van der Waals surface area (Å²) in [4.78, 5) is 33.3. The molecule has 1 aromatic carbocycles. The Morgan fingerprint density at radius 1 is 1.00 bits per heavy atom. The summed E-state index contributed by atoms with van der Waals surface area (Å²) in [6.45, 7) is 1.00. The normalized spacial score (nSPS) is 12.7. The van der Waals surface area contributed by atoms with Gasteiger partial charge in [0.2, 0.25) is 0 Å². The van der Waals surface area contributed by atoms with Crippen LogP contribution in [0.4, 0.5) is 0 Å². The van der Waals surface area contributed by atoms with Crippen LogP contribution in [0.15, 0.2) is 50.2 Å². The van der Waals surface area contributed by atoms with Crippen molar-refractivity contribution < 1.29 is 4.74 Å². The quantitative estimate of drug-likeness (QED) is 0.556. The van der Waals surface area contributed by atoms with Crippen LogP contribution in [-0.4, -0.2) is 48.4 Å². The third kappa shape index (κ3) is 5.96. The fourth-order valence-electron chi connectivity index (χ4n) is 2.52. The maximum atomic E-state index is 12.4. The first-order valence-electron chi connectivity index (χ1n) is 9.02. The van der Waals surface area contributed by atoms with Gasteiger partial charge in [0.25, 0.3) is 11.1 Å². The lowest BCUT2D eigenvalue weighted by Gasteiger charge is -2.07. The van der Waals surface area contributed by atoms with Gasteiger partial charge in [-0.15, -0.1) is 23.1 Å². The van der Waals surface area contributed by atoms with Crippen LogP contribution in [0.1, 0.15) is 10.4 Å². The number of benzene rings is 1. The summed E-state index contributed by atoms with van der Waals surface area (Å²) in [6, 6.07) is 11.2. The summed E-state index contributed by atoms with van der Waals surface area (Å²) < 4.78 is 6.30. The molecule has 0 aliphatic carbocycles. The van der Waals surface area contributed by atoms with E-state index in [1.165, 1.54) is 4.21 Å². The van der Waals surface area contributed by atoms with E-state index >= 15 is 0 Å². The number of thioether (sulfide) groups is 1. The lowest BCUT2D eigenvalue weighted by Crippen LogP contribution is -2.46. The highest BCUT2D eigenvalue weighted by atomic mass is 32.2. The Morgan fingerprint density at radius 2 is 1.66 bits per heavy atom. The van der Waals surface area contributed by atoms with Gasteiger partial charge in [-0.1, -0.05) is 12.1 Å². The van der Waals surface area contributed by atoms with E-state index in [0.717, 1.165) is 28.5 Å². The lowest BCUT2D eigenvalue weighted by molar-refractivity contribution is 0.415. The van der Waals surface area contributed by atoms with Gasteiger partial charge >= 0.3 is 0 Å². The van der Waals surface area contributed by atoms with Crippen LogP contribution < -0.4 is 26.6 Å². The number of aromatic amines is 2. The second kappa shape index (κ2) is 9.78. The first-order chi connectivity index (χ1) is 13.9. The van der Waals surface area contributed by atoms with Crippen LogP contribution >= 0.6 is 23.1 Å². The predicted octanol–water partition coefficient (Wildman–Crippen LogP) is 1.44. The summed E-state index contributed by atoms with van der Waals surface area (Å²) in [5.74, 6) is 1.73. The van der Waals surface area contributed by atoms with Crippen molar-refractivity contribution in [3.8, 4) is 5.75 Å². The average molecular weight is 430 g/mol. The van der Waals surface area contributed by atoms with Crippen LogP contribution in [0.3, 0.4) is 0 Å². The molecule has 0 aliphatic heterocycles. The highest BCUT2D eigenvalue weighted by Gasteiger charge is 2.02.